The van der Waals surface area contributed by atoms with Crippen molar-refractivity contribution >= 4 is 23.1 Å². The number of fused-ring (bicyclic) bond motifs is 1. The maximum atomic E-state index is 13.9. The number of aliphatic hydroxyl groups is 1. The van der Waals surface area contributed by atoms with Crippen LogP contribution in [-0.2, 0) is 24.3 Å². The van der Waals surface area contributed by atoms with Gasteiger partial charge in [0.2, 0.25) is 0 Å². The average molecular weight is 639 g/mol. The molecule has 0 saturated carbocycles. The van der Waals surface area contributed by atoms with Crippen LogP contribution in [-0.4, -0.2) is 51.2 Å². The predicted octanol–water partition coefficient (Wildman–Crippen LogP) is 9.03. The minimum atomic E-state index is -0.842. The minimum absolute atomic E-state index is 0.0503. The molecule has 5 nitrogen and oxygen atoms in total. The van der Waals surface area contributed by atoms with Gasteiger partial charge in [-0.3, -0.25) is 9.69 Å². The Morgan fingerprint density at radius 1 is 1.02 bits per heavy atom. The van der Waals surface area contributed by atoms with Crippen molar-refractivity contribution in [1.29, 1.82) is 0 Å². The zero-order valence-electron chi connectivity index (χ0n) is 28.5. The lowest BCUT2D eigenvalue weighted by molar-refractivity contribution is -0.136. The Balaban J connectivity index is 0.00000102. The van der Waals surface area contributed by atoms with Crippen molar-refractivity contribution in [1.82, 2.24) is 9.80 Å². The average Bonchev–Trinajstić information content (AvgIpc) is 2.88. The van der Waals surface area contributed by atoms with Gasteiger partial charge in [-0.2, -0.15) is 0 Å². The van der Waals surface area contributed by atoms with E-state index in [0.29, 0.717) is 11.6 Å². The maximum Gasteiger partial charge on any atom is 0.307 e. The Bertz CT molecular complexity index is 1430. The number of carbonyl (C=O) groups is 1. The summed E-state index contributed by atoms with van der Waals surface area (Å²) in [6.45, 7) is 24.3. The number of hydrogen-bond donors (Lipinski definition) is 2. The predicted molar refractivity (Wildman–Crippen MR) is 185 cm³/mol. The number of allylic oxidation sites excluding steroid dienone is 3. The van der Waals surface area contributed by atoms with Crippen molar-refractivity contribution in [3.05, 3.63) is 98.5 Å². The van der Waals surface area contributed by atoms with E-state index in [9.17, 15) is 14.3 Å². The molecule has 0 radical (unpaired) electrons. The lowest BCUT2D eigenvalue weighted by atomic mass is 9.81. The third-order valence-electron chi connectivity index (χ3n) is 8.21. The quantitative estimate of drug-likeness (QED) is 0.283. The van der Waals surface area contributed by atoms with Crippen LogP contribution in [0.4, 0.5) is 4.39 Å². The molecular formula is C38H52ClFN2O3. The summed E-state index contributed by atoms with van der Waals surface area (Å²) in [5.74, 6) is -1.15. The van der Waals surface area contributed by atoms with Crippen molar-refractivity contribution in [3.63, 3.8) is 0 Å². The summed E-state index contributed by atoms with van der Waals surface area (Å²) in [6.07, 6.45) is 2.95. The number of benzene rings is 2. The minimum Gasteiger partial charge on any atom is -0.481 e. The van der Waals surface area contributed by atoms with Crippen LogP contribution in [0.5, 0.6) is 0 Å². The maximum absolute atomic E-state index is 13.9. The van der Waals surface area contributed by atoms with Crippen LogP contribution >= 0.6 is 11.6 Å². The van der Waals surface area contributed by atoms with Gasteiger partial charge in [0.15, 0.2) is 0 Å². The number of likely N-dealkylation sites (tertiary alicyclic amines) is 1. The Morgan fingerprint density at radius 3 is 2.18 bits per heavy atom. The normalized spacial score (nSPS) is 17.0. The summed E-state index contributed by atoms with van der Waals surface area (Å²) in [5.41, 5.74) is 9.23. The molecule has 7 heteroatoms. The summed E-state index contributed by atoms with van der Waals surface area (Å²) in [6, 6.07) is 11.4. The molecule has 2 aliphatic rings. The summed E-state index contributed by atoms with van der Waals surface area (Å²) in [4.78, 5) is 16.7. The van der Waals surface area contributed by atoms with E-state index in [1.165, 1.54) is 17.2 Å². The van der Waals surface area contributed by atoms with Crippen molar-refractivity contribution in [2.75, 3.05) is 19.6 Å². The smallest absolute Gasteiger partial charge is 0.307 e. The summed E-state index contributed by atoms with van der Waals surface area (Å²) in [5, 5.41) is 18.8. The van der Waals surface area contributed by atoms with Gasteiger partial charge >= 0.3 is 5.97 Å². The molecule has 0 aliphatic carbocycles. The van der Waals surface area contributed by atoms with Crippen molar-refractivity contribution in [2.24, 2.45) is 5.41 Å². The molecule has 246 valence electrons. The third-order valence-corrected chi connectivity index (χ3v) is 8.43. The summed E-state index contributed by atoms with van der Waals surface area (Å²) < 4.78 is 13.9. The van der Waals surface area contributed by atoms with Gasteiger partial charge in [0.1, 0.15) is 5.82 Å². The highest BCUT2D eigenvalue weighted by molar-refractivity contribution is 6.30. The highest BCUT2D eigenvalue weighted by atomic mass is 35.5. The molecular weight excluding hydrogens is 587 g/mol. The highest BCUT2D eigenvalue weighted by Crippen LogP contribution is 2.40. The van der Waals surface area contributed by atoms with Gasteiger partial charge in [0, 0.05) is 49.0 Å². The topological polar surface area (TPSA) is 64.0 Å². The van der Waals surface area contributed by atoms with Crippen LogP contribution in [0.25, 0.3) is 5.57 Å². The molecule has 0 spiro atoms. The number of nitrogens with zero attached hydrogens (tertiary/aromatic N) is 2. The SMILES string of the molecule is C=C(C)/C(CC(=O)O)=C(\C(=C(C)C)c1ccc2c(c1)CCN(Cc1cc(F)cc(Cl)c1)C2)N1CCC(C)(C)CC1.CC(C)(C)O. The summed E-state index contributed by atoms with van der Waals surface area (Å²) in [7, 11) is 0. The van der Waals surface area contributed by atoms with E-state index in [1.807, 2.05) is 13.0 Å². The van der Waals surface area contributed by atoms with E-state index in [4.69, 9.17) is 16.7 Å². The fourth-order valence-corrected chi connectivity index (χ4v) is 6.19. The third kappa shape index (κ3) is 11.1. The Labute approximate surface area is 275 Å². The molecule has 2 aromatic rings. The Hall–Kier alpha value is -2.93. The lowest BCUT2D eigenvalue weighted by Gasteiger charge is -2.41. The first-order valence-electron chi connectivity index (χ1n) is 15.9. The van der Waals surface area contributed by atoms with Crippen molar-refractivity contribution < 1.29 is 19.4 Å². The van der Waals surface area contributed by atoms with Gasteiger partial charge in [-0.05, 0) is 112 Å². The molecule has 0 atom stereocenters. The van der Waals surface area contributed by atoms with E-state index < -0.39 is 11.6 Å². The van der Waals surface area contributed by atoms with E-state index in [-0.39, 0.29) is 17.7 Å². The zero-order valence-corrected chi connectivity index (χ0v) is 29.2. The number of rotatable bonds is 8. The fourth-order valence-electron chi connectivity index (χ4n) is 5.95. The molecule has 1 saturated heterocycles. The largest absolute Gasteiger partial charge is 0.481 e. The van der Waals surface area contributed by atoms with Crippen LogP contribution < -0.4 is 0 Å². The molecule has 2 aromatic carbocycles. The zero-order chi connectivity index (χ0) is 33.7. The van der Waals surface area contributed by atoms with Crippen LogP contribution in [0.1, 0.15) is 96.9 Å². The van der Waals surface area contributed by atoms with Crippen molar-refractivity contribution in [3.8, 4) is 0 Å². The molecule has 0 aromatic heterocycles. The van der Waals surface area contributed by atoms with Crippen LogP contribution in [0.15, 0.2) is 65.4 Å². The van der Waals surface area contributed by atoms with Gasteiger partial charge in [0.05, 0.1) is 12.0 Å². The van der Waals surface area contributed by atoms with E-state index >= 15 is 0 Å². The Morgan fingerprint density at radius 2 is 1.64 bits per heavy atom. The second kappa shape index (κ2) is 15.1. The number of halogens is 2. The summed E-state index contributed by atoms with van der Waals surface area (Å²) >= 11 is 6.08. The standard InChI is InChI=1S/C34H42ClFN2O2.C4H10O/c1-22(2)30(19-31(39)40)33(38-13-10-34(5,6)11-14-38)32(23(3)4)26-7-8-27-21-37(12-9-25(27)17-26)20-24-15-28(35)18-29(36)16-24;1-4(2,3)5/h7-8,15-18H,1,9-14,19-21H2,2-6H3,(H,39,40);5H,1-3H3/b33-30+;. The number of aliphatic carboxylic acids is 1. The molecule has 45 heavy (non-hydrogen) atoms. The monoisotopic (exact) mass is 638 g/mol. The fraction of sp³-hybridized carbons (Fsp3) is 0.500. The van der Waals surface area contributed by atoms with Crippen molar-refractivity contribution in [2.45, 2.75) is 99.8 Å². The molecule has 0 unspecified atom stereocenters. The second-order valence-corrected chi connectivity index (χ2v) is 15.0. The van der Waals surface area contributed by atoms with Gasteiger partial charge < -0.3 is 15.1 Å². The van der Waals surface area contributed by atoms with Crippen LogP contribution in [0.2, 0.25) is 5.02 Å². The van der Waals surface area contributed by atoms with Gasteiger partial charge in [-0.15, -0.1) is 0 Å². The number of carboxylic acids is 1. The van der Waals surface area contributed by atoms with Crippen LogP contribution in [0, 0.1) is 11.2 Å². The highest BCUT2D eigenvalue weighted by Gasteiger charge is 2.31. The molecule has 0 bridgehead atoms. The van der Waals surface area contributed by atoms with Gasteiger partial charge in [-0.25, -0.2) is 4.39 Å². The second-order valence-electron chi connectivity index (χ2n) is 14.6. The van der Waals surface area contributed by atoms with Crippen LogP contribution in [0.3, 0.4) is 0 Å². The van der Waals surface area contributed by atoms with Gasteiger partial charge in [-0.1, -0.05) is 61.4 Å². The first kappa shape index (κ1) is 36.5. The lowest BCUT2D eigenvalue weighted by Crippen LogP contribution is -2.38. The number of hydrogen-bond acceptors (Lipinski definition) is 4. The van der Waals surface area contributed by atoms with E-state index in [1.54, 1.807) is 26.8 Å². The molecule has 0 amide bonds. The molecule has 2 heterocycles. The Kier molecular flexibility index (Phi) is 12.3. The first-order valence-corrected chi connectivity index (χ1v) is 16.3. The molecule has 1 fully saturated rings. The molecule has 2 aliphatic heterocycles. The van der Waals surface area contributed by atoms with E-state index in [2.05, 4.69) is 62.3 Å². The molecule has 4 rings (SSSR count). The first-order chi connectivity index (χ1) is 20.8. The van der Waals surface area contributed by atoms with E-state index in [0.717, 1.165) is 84.6 Å². The molecule has 2 N–H and O–H groups in total. The van der Waals surface area contributed by atoms with Gasteiger partial charge in [0.25, 0.3) is 0 Å². The number of piperidine rings is 1. The number of carboxylic acid groups (broad SMARTS) is 1.